The van der Waals surface area contributed by atoms with Gasteiger partial charge in [0.2, 0.25) is 0 Å². The van der Waals surface area contributed by atoms with Gasteiger partial charge in [-0.15, -0.1) is 0 Å². The van der Waals surface area contributed by atoms with Gasteiger partial charge in [0.15, 0.2) is 0 Å². The molecule has 0 aliphatic heterocycles. The van der Waals surface area contributed by atoms with Crippen LogP contribution in [0, 0.1) is 0 Å². The van der Waals surface area contributed by atoms with Crippen molar-refractivity contribution in [2.75, 3.05) is 0 Å². The first kappa shape index (κ1) is 48.2. The fourth-order valence-corrected chi connectivity index (χ4v) is 13.5. The molecule has 0 atom stereocenters. The van der Waals surface area contributed by atoms with E-state index in [0.29, 0.717) is 0 Å². The van der Waals surface area contributed by atoms with Gasteiger partial charge in [-0.3, -0.25) is 4.79 Å². The first-order valence-corrected chi connectivity index (χ1v) is 24.6. The zero-order chi connectivity index (χ0) is 42.3. The van der Waals surface area contributed by atoms with Crippen molar-refractivity contribution in [3.63, 3.8) is 0 Å². The second kappa shape index (κ2) is 27.3. The summed E-state index contributed by atoms with van der Waals surface area (Å²) < 4.78 is -0.889. The van der Waals surface area contributed by atoms with Gasteiger partial charge >= 0.3 is 4.70 Å². The van der Waals surface area contributed by atoms with E-state index in [1.54, 1.807) is 0 Å². The molecule has 9 aromatic carbocycles. The molecular formula is C55H45Cl2OP3Rh. The number of hydrogen-bond donors (Lipinski definition) is 0. The molecule has 9 rings (SSSR count). The summed E-state index contributed by atoms with van der Waals surface area (Å²) in [5.74, 6) is 0. The SMILES string of the molecule is O=C(Cl)Cl.[Rh].c1ccc(P(c2ccccc2)c2ccccc2)cc1.c1ccc(P(c2ccccc2)c2ccccc2)cc1.c1ccc(P(c2ccccc2)c2ccccc2)cc1. The molecule has 0 heterocycles. The predicted octanol–water partition coefficient (Wildman–Crippen LogP) is 11.9. The average Bonchev–Trinajstić information content (AvgIpc) is 3.33. The molecule has 7 heteroatoms. The van der Waals surface area contributed by atoms with Gasteiger partial charge in [0.05, 0.1) is 0 Å². The van der Waals surface area contributed by atoms with Crippen LogP contribution in [-0.2, 0) is 19.5 Å². The van der Waals surface area contributed by atoms with E-state index in [1.807, 2.05) is 0 Å². The zero-order valence-electron chi connectivity index (χ0n) is 33.8. The molecule has 62 heavy (non-hydrogen) atoms. The van der Waals surface area contributed by atoms with E-state index >= 15 is 0 Å². The Hall–Kier alpha value is -4.86. The normalized spacial score (nSPS) is 10.1. The van der Waals surface area contributed by atoms with Gasteiger partial charge in [-0.05, 0) is 94.7 Å². The summed E-state index contributed by atoms with van der Waals surface area (Å²) in [6.45, 7) is 0. The van der Waals surface area contributed by atoms with E-state index in [4.69, 9.17) is 4.79 Å². The number of benzene rings is 9. The molecule has 0 amide bonds. The minimum absolute atomic E-state index is 0. The third kappa shape index (κ3) is 15.2. The zero-order valence-corrected chi connectivity index (χ0v) is 39.7. The first-order chi connectivity index (χ1) is 30.1. The summed E-state index contributed by atoms with van der Waals surface area (Å²) >= 11 is 8.80. The summed E-state index contributed by atoms with van der Waals surface area (Å²) in [6.07, 6.45) is 0. The van der Waals surface area contributed by atoms with E-state index in [2.05, 4.69) is 296 Å². The third-order valence-electron chi connectivity index (χ3n) is 9.13. The molecule has 309 valence electrons. The number of halogens is 2. The van der Waals surface area contributed by atoms with Crippen molar-refractivity contribution in [2.45, 2.75) is 0 Å². The fraction of sp³-hybridized carbons (Fsp3) is 0. The third-order valence-corrected chi connectivity index (χ3v) is 16.5. The quantitative estimate of drug-likeness (QED) is 0.0800. The minimum Gasteiger partial charge on any atom is -0.262 e. The van der Waals surface area contributed by atoms with Gasteiger partial charge < -0.3 is 0 Å². The number of carbonyl (C=O) groups excluding carboxylic acids is 1. The molecule has 0 aromatic heterocycles. The van der Waals surface area contributed by atoms with Gasteiger partial charge in [0.25, 0.3) is 0 Å². The van der Waals surface area contributed by atoms with Crippen molar-refractivity contribution in [1.82, 2.24) is 0 Å². The minimum atomic E-state index is -0.889. The van der Waals surface area contributed by atoms with E-state index in [0.717, 1.165) is 0 Å². The second-order valence-corrected chi connectivity index (χ2v) is 20.8. The van der Waals surface area contributed by atoms with Crippen LogP contribution in [0.25, 0.3) is 0 Å². The van der Waals surface area contributed by atoms with Crippen molar-refractivity contribution in [3.05, 3.63) is 273 Å². The topological polar surface area (TPSA) is 17.1 Å². The van der Waals surface area contributed by atoms with E-state index in [1.165, 1.54) is 47.7 Å². The molecule has 0 aliphatic rings. The van der Waals surface area contributed by atoms with Crippen LogP contribution in [0.3, 0.4) is 0 Å². The molecule has 0 saturated carbocycles. The van der Waals surface area contributed by atoms with Crippen molar-refractivity contribution in [2.24, 2.45) is 0 Å². The van der Waals surface area contributed by atoms with Gasteiger partial charge in [-0.1, -0.05) is 273 Å². The van der Waals surface area contributed by atoms with Crippen LogP contribution in [-0.4, -0.2) is 4.70 Å². The van der Waals surface area contributed by atoms with Crippen LogP contribution in [0.4, 0.5) is 4.79 Å². The molecule has 0 fully saturated rings. The number of hydrogen-bond acceptors (Lipinski definition) is 1. The van der Waals surface area contributed by atoms with Crippen molar-refractivity contribution < 1.29 is 24.3 Å². The summed E-state index contributed by atoms with van der Waals surface area (Å²) in [5.41, 5.74) is 0. The van der Waals surface area contributed by atoms with E-state index < -0.39 is 28.5 Å². The number of carbonyl (C=O) groups is 1. The molecule has 1 radical (unpaired) electrons. The Labute approximate surface area is 393 Å². The predicted molar refractivity (Wildman–Crippen MR) is 273 cm³/mol. The Kier molecular flexibility index (Phi) is 21.2. The molecule has 0 spiro atoms. The second-order valence-electron chi connectivity index (χ2n) is 13.3. The van der Waals surface area contributed by atoms with Crippen LogP contribution in [0.2, 0.25) is 0 Å². The maximum absolute atomic E-state index is 8.98. The fourth-order valence-electron chi connectivity index (χ4n) is 6.54. The first-order valence-electron chi connectivity index (χ1n) is 19.8. The maximum atomic E-state index is 8.98. The summed E-state index contributed by atoms with van der Waals surface area (Å²) in [4.78, 5) is 8.98. The summed E-state index contributed by atoms with van der Waals surface area (Å²) in [7, 11) is -1.34. The molecule has 0 unspecified atom stereocenters. The van der Waals surface area contributed by atoms with Crippen LogP contribution >= 0.6 is 47.0 Å². The van der Waals surface area contributed by atoms with Gasteiger partial charge in [0.1, 0.15) is 0 Å². The van der Waals surface area contributed by atoms with Crippen molar-refractivity contribution in [1.29, 1.82) is 0 Å². The van der Waals surface area contributed by atoms with E-state index in [9.17, 15) is 0 Å². The maximum Gasteiger partial charge on any atom is 0.313 e. The molecule has 0 aliphatic carbocycles. The average molecular weight is 989 g/mol. The van der Waals surface area contributed by atoms with Crippen molar-refractivity contribution >= 4 is 99.4 Å². The van der Waals surface area contributed by atoms with Crippen LogP contribution in [0.15, 0.2) is 273 Å². The van der Waals surface area contributed by atoms with Crippen molar-refractivity contribution in [3.8, 4) is 0 Å². The van der Waals surface area contributed by atoms with Crippen LogP contribution in [0.5, 0.6) is 0 Å². The van der Waals surface area contributed by atoms with Crippen LogP contribution in [0.1, 0.15) is 0 Å². The molecule has 0 N–H and O–H groups in total. The standard InChI is InChI=1S/3C18H15P.CCl2O.Rh/c3*1-4-10-16(11-5-1)19(17-12-6-2-7-13-17)18-14-8-3-9-15-18;2-1(3)4;/h3*1-15H;;. The summed E-state index contributed by atoms with van der Waals surface area (Å²) in [5, 5.41) is 12.6. The Bertz CT molecular complexity index is 1980. The Morgan fingerprint density at radius 3 is 0.387 bits per heavy atom. The Balaban J connectivity index is 0.000000167. The monoisotopic (exact) mass is 987 g/mol. The molecule has 0 bridgehead atoms. The van der Waals surface area contributed by atoms with Gasteiger partial charge in [0, 0.05) is 19.5 Å². The van der Waals surface area contributed by atoms with Crippen LogP contribution < -0.4 is 47.7 Å². The molecule has 9 aromatic rings. The molecule has 1 nitrogen and oxygen atoms in total. The summed E-state index contributed by atoms with van der Waals surface area (Å²) in [6, 6.07) is 97.0. The Morgan fingerprint density at radius 1 is 0.226 bits per heavy atom. The Morgan fingerprint density at radius 2 is 0.306 bits per heavy atom. The van der Waals surface area contributed by atoms with Gasteiger partial charge in [-0.25, -0.2) is 0 Å². The largest absolute Gasteiger partial charge is 0.313 e. The number of rotatable bonds is 9. The molecule has 0 saturated heterocycles. The molecular weight excluding hydrogens is 943 g/mol. The van der Waals surface area contributed by atoms with E-state index in [-0.39, 0.29) is 19.5 Å². The smallest absolute Gasteiger partial charge is 0.262 e. The van der Waals surface area contributed by atoms with Gasteiger partial charge in [-0.2, -0.15) is 0 Å².